The Hall–Kier alpha value is -1.63. The smallest absolute Gasteiger partial charge is 0.229 e. The molecule has 1 heterocycles. The summed E-state index contributed by atoms with van der Waals surface area (Å²) in [5.74, 6) is -0.488. The minimum atomic E-state index is -0.833. The molecule has 1 fully saturated rings. The first-order valence-corrected chi connectivity index (χ1v) is 3.96. The summed E-state index contributed by atoms with van der Waals surface area (Å²) in [6.45, 7) is 0. The molecule has 0 aromatic carbocycles. The number of hydrogen-bond acceptors (Lipinski definition) is 3. The van der Waals surface area contributed by atoms with Crippen LogP contribution in [0.2, 0.25) is 0 Å². The maximum atomic E-state index is 12.6. The van der Waals surface area contributed by atoms with E-state index in [0.29, 0.717) is 12.1 Å². The van der Waals surface area contributed by atoms with Crippen molar-refractivity contribution in [3.8, 4) is 11.9 Å². The molecule has 0 amide bonds. The van der Waals surface area contributed by atoms with Gasteiger partial charge in [0.25, 0.3) is 0 Å². The van der Waals surface area contributed by atoms with Gasteiger partial charge in [0.1, 0.15) is 17.8 Å². The van der Waals surface area contributed by atoms with Gasteiger partial charge in [-0.15, -0.1) is 0 Å². The van der Waals surface area contributed by atoms with Crippen LogP contribution in [-0.2, 0) is 0 Å². The normalized spacial score (nSPS) is 25.2. The Morgan fingerprint density at radius 2 is 2.31 bits per heavy atom. The van der Waals surface area contributed by atoms with E-state index in [-0.39, 0.29) is 17.4 Å². The lowest BCUT2D eigenvalue weighted by molar-refractivity contribution is 0.444. The zero-order valence-corrected chi connectivity index (χ0v) is 6.74. The van der Waals surface area contributed by atoms with E-state index in [0.717, 1.165) is 0 Å². The van der Waals surface area contributed by atoms with Crippen LogP contribution in [0.1, 0.15) is 23.6 Å². The Bertz CT molecular complexity index is 386. The molecular formula is C9H7FN2O. The number of nitriles is 1. The molecule has 66 valence electrons. The maximum Gasteiger partial charge on any atom is 0.229 e. The van der Waals surface area contributed by atoms with Crippen molar-refractivity contribution in [2.45, 2.75) is 18.5 Å². The van der Waals surface area contributed by atoms with Gasteiger partial charge in [0.05, 0.1) is 5.69 Å². The molecule has 1 aromatic heterocycles. The molecule has 0 aliphatic heterocycles. The molecule has 0 bridgehead atoms. The quantitative estimate of drug-likeness (QED) is 0.708. The molecule has 1 aliphatic rings. The minimum absolute atomic E-state index is 0.125. The van der Waals surface area contributed by atoms with E-state index < -0.39 is 6.17 Å². The molecule has 2 rings (SSSR count). The van der Waals surface area contributed by atoms with Crippen LogP contribution in [0.3, 0.4) is 0 Å². The van der Waals surface area contributed by atoms with E-state index >= 15 is 0 Å². The van der Waals surface area contributed by atoms with Crippen LogP contribution in [0, 0.1) is 11.3 Å². The predicted molar refractivity (Wildman–Crippen MR) is 42.9 cm³/mol. The van der Waals surface area contributed by atoms with Gasteiger partial charge in [-0.25, -0.2) is 9.37 Å². The number of nitrogens with zero attached hydrogens (tertiary/aromatic N) is 2. The molecule has 13 heavy (non-hydrogen) atoms. The van der Waals surface area contributed by atoms with E-state index in [4.69, 9.17) is 5.26 Å². The van der Waals surface area contributed by atoms with Crippen molar-refractivity contribution in [1.82, 2.24) is 4.98 Å². The summed E-state index contributed by atoms with van der Waals surface area (Å²) in [6, 6.07) is 4.83. The Balaban J connectivity index is 2.32. The summed E-state index contributed by atoms with van der Waals surface area (Å²) in [5.41, 5.74) is 0.656. The topological polar surface area (TPSA) is 56.9 Å². The van der Waals surface area contributed by atoms with Gasteiger partial charge in [0, 0.05) is 5.92 Å². The van der Waals surface area contributed by atoms with Crippen molar-refractivity contribution in [2.75, 3.05) is 0 Å². The second-order valence-electron chi connectivity index (χ2n) is 3.08. The Morgan fingerprint density at radius 3 is 2.77 bits per heavy atom. The van der Waals surface area contributed by atoms with Crippen LogP contribution in [0.5, 0.6) is 5.88 Å². The largest absolute Gasteiger partial charge is 0.492 e. The van der Waals surface area contributed by atoms with Crippen molar-refractivity contribution < 1.29 is 9.50 Å². The summed E-state index contributed by atoms with van der Waals surface area (Å²) >= 11 is 0. The average Bonchev–Trinajstić information content (AvgIpc) is 2.82. The molecule has 4 heteroatoms. The van der Waals surface area contributed by atoms with Crippen LogP contribution in [0.4, 0.5) is 4.39 Å². The van der Waals surface area contributed by atoms with Gasteiger partial charge in [-0.1, -0.05) is 0 Å². The van der Waals surface area contributed by atoms with E-state index in [1.165, 1.54) is 6.07 Å². The van der Waals surface area contributed by atoms with Crippen LogP contribution in [0.15, 0.2) is 12.1 Å². The Labute approximate surface area is 74.5 Å². The zero-order chi connectivity index (χ0) is 9.42. The second kappa shape index (κ2) is 2.70. The number of rotatable bonds is 1. The molecule has 2 unspecified atom stereocenters. The third-order valence-electron chi connectivity index (χ3n) is 2.11. The number of halogens is 1. The van der Waals surface area contributed by atoms with Gasteiger partial charge in [0.2, 0.25) is 5.88 Å². The summed E-state index contributed by atoms with van der Waals surface area (Å²) in [6.07, 6.45) is -0.363. The summed E-state index contributed by atoms with van der Waals surface area (Å²) in [4.78, 5) is 3.75. The highest BCUT2D eigenvalue weighted by atomic mass is 19.1. The van der Waals surface area contributed by atoms with Crippen LogP contribution in [0.25, 0.3) is 0 Å². The number of aromatic hydroxyl groups is 1. The van der Waals surface area contributed by atoms with Crippen molar-refractivity contribution >= 4 is 0 Å². The molecule has 0 spiro atoms. The number of pyridine rings is 1. The number of aromatic nitrogens is 1. The Kier molecular flexibility index (Phi) is 1.66. The molecule has 3 nitrogen and oxygen atoms in total. The molecule has 2 atom stereocenters. The van der Waals surface area contributed by atoms with Crippen molar-refractivity contribution in [2.24, 2.45) is 0 Å². The van der Waals surface area contributed by atoms with Crippen LogP contribution >= 0.6 is 0 Å². The van der Waals surface area contributed by atoms with Crippen LogP contribution < -0.4 is 0 Å². The van der Waals surface area contributed by atoms with Crippen molar-refractivity contribution in [3.05, 3.63) is 23.4 Å². The van der Waals surface area contributed by atoms with E-state index in [9.17, 15) is 9.50 Å². The first-order chi connectivity index (χ1) is 6.22. The molecule has 1 N–H and O–H groups in total. The van der Waals surface area contributed by atoms with Crippen molar-refractivity contribution in [1.29, 1.82) is 5.26 Å². The predicted octanol–water partition coefficient (Wildman–Crippen LogP) is 1.48. The average molecular weight is 178 g/mol. The van der Waals surface area contributed by atoms with Gasteiger partial charge >= 0.3 is 0 Å². The first kappa shape index (κ1) is 7.99. The Morgan fingerprint density at radius 1 is 1.62 bits per heavy atom. The van der Waals surface area contributed by atoms with Gasteiger partial charge in [0.15, 0.2) is 0 Å². The SMILES string of the molecule is N#Cc1ccc(C2CC2F)nc1O. The second-order valence-corrected chi connectivity index (χ2v) is 3.08. The monoisotopic (exact) mass is 178 g/mol. The standard InChI is InChI=1S/C9H7FN2O/c10-7-3-6(7)8-2-1-5(4-11)9(13)12-8/h1-2,6-7H,3H2,(H,12,13). The van der Waals surface area contributed by atoms with E-state index in [1.54, 1.807) is 12.1 Å². The van der Waals surface area contributed by atoms with Crippen molar-refractivity contribution in [3.63, 3.8) is 0 Å². The highest BCUT2D eigenvalue weighted by Crippen LogP contribution is 2.43. The lowest BCUT2D eigenvalue weighted by Gasteiger charge is -1.98. The van der Waals surface area contributed by atoms with E-state index in [2.05, 4.69) is 4.98 Å². The maximum absolute atomic E-state index is 12.6. The molecule has 0 saturated heterocycles. The zero-order valence-electron chi connectivity index (χ0n) is 6.74. The fraction of sp³-hybridized carbons (Fsp3) is 0.333. The first-order valence-electron chi connectivity index (χ1n) is 3.96. The molecule has 1 saturated carbocycles. The van der Waals surface area contributed by atoms with E-state index in [1.807, 2.05) is 0 Å². The summed E-state index contributed by atoms with van der Waals surface area (Å²) in [7, 11) is 0. The van der Waals surface area contributed by atoms with Gasteiger partial charge in [-0.3, -0.25) is 0 Å². The van der Waals surface area contributed by atoms with Gasteiger partial charge < -0.3 is 5.11 Å². The number of alkyl halides is 1. The summed E-state index contributed by atoms with van der Waals surface area (Å²) < 4.78 is 12.6. The lowest BCUT2D eigenvalue weighted by Crippen LogP contribution is -1.90. The fourth-order valence-electron chi connectivity index (χ4n) is 1.23. The minimum Gasteiger partial charge on any atom is -0.492 e. The molecule has 1 aliphatic carbocycles. The van der Waals surface area contributed by atoms with Crippen LogP contribution in [-0.4, -0.2) is 16.3 Å². The van der Waals surface area contributed by atoms with Gasteiger partial charge in [-0.2, -0.15) is 5.26 Å². The highest BCUT2D eigenvalue weighted by Gasteiger charge is 2.40. The lowest BCUT2D eigenvalue weighted by atomic mass is 10.2. The summed E-state index contributed by atoms with van der Waals surface area (Å²) in [5, 5.41) is 17.7. The molecule has 0 radical (unpaired) electrons. The third-order valence-corrected chi connectivity index (χ3v) is 2.11. The fourth-order valence-corrected chi connectivity index (χ4v) is 1.23. The van der Waals surface area contributed by atoms with Gasteiger partial charge in [-0.05, 0) is 18.6 Å². The molecule has 1 aromatic rings. The third kappa shape index (κ3) is 1.33. The number of hydrogen-bond donors (Lipinski definition) is 1. The highest BCUT2D eigenvalue weighted by molar-refractivity contribution is 5.39. The molecular weight excluding hydrogens is 171 g/mol.